The van der Waals surface area contributed by atoms with Crippen LogP contribution in [0.25, 0.3) is 0 Å². The Morgan fingerprint density at radius 2 is 2.06 bits per heavy atom. The van der Waals surface area contributed by atoms with E-state index in [-0.39, 0.29) is 5.91 Å². The number of ether oxygens (including phenoxy) is 1. The quantitative estimate of drug-likeness (QED) is 0.818. The fourth-order valence-corrected chi connectivity index (χ4v) is 1.21. The van der Waals surface area contributed by atoms with Gasteiger partial charge in [-0.25, -0.2) is 5.48 Å². The highest BCUT2D eigenvalue weighted by molar-refractivity contribution is 5.93. The Bertz CT molecular complexity index is 396. The standard InChI is InChI=1S/C14H21NO3/c1-5-9-17-12-8-6-7-11(10-12)13(16)15-18-14(2,3)4/h6-8,10H,5,9H2,1-4H3,(H,15,16). The average Bonchev–Trinajstić information content (AvgIpc) is 2.33. The van der Waals surface area contributed by atoms with Gasteiger partial charge in [0, 0.05) is 5.56 Å². The van der Waals surface area contributed by atoms with E-state index in [0.717, 1.165) is 6.42 Å². The lowest BCUT2D eigenvalue weighted by atomic mass is 10.2. The zero-order valence-electron chi connectivity index (χ0n) is 11.4. The first-order valence-electron chi connectivity index (χ1n) is 6.13. The first kappa shape index (κ1) is 14.5. The predicted octanol–water partition coefficient (Wildman–Crippen LogP) is 2.94. The SMILES string of the molecule is CCCOc1cccc(C(=O)NOC(C)(C)C)c1. The molecule has 0 radical (unpaired) electrons. The van der Waals surface area contributed by atoms with Gasteiger partial charge in [0.15, 0.2) is 0 Å². The minimum Gasteiger partial charge on any atom is -0.494 e. The van der Waals surface area contributed by atoms with Crippen molar-refractivity contribution in [2.45, 2.75) is 39.7 Å². The van der Waals surface area contributed by atoms with Crippen LogP contribution in [0.4, 0.5) is 0 Å². The van der Waals surface area contributed by atoms with Crippen molar-refractivity contribution in [2.24, 2.45) is 0 Å². The summed E-state index contributed by atoms with van der Waals surface area (Å²) in [5.41, 5.74) is 2.54. The number of benzene rings is 1. The van der Waals surface area contributed by atoms with E-state index in [1.807, 2.05) is 33.8 Å². The molecule has 1 N–H and O–H groups in total. The monoisotopic (exact) mass is 251 g/mol. The zero-order chi connectivity index (χ0) is 13.6. The van der Waals surface area contributed by atoms with Crippen LogP contribution in [0.15, 0.2) is 24.3 Å². The molecule has 1 aromatic carbocycles. The van der Waals surface area contributed by atoms with Crippen LogP contribution < -0.4 is 10.2 Å². The van der Waals surface area contributed by atoms with Crippen molar-refractivity contribution in [1.29, 1.82) is 0 Å². The van der Waals surface area contributed by atoms with Crippen LogP contribution in [-0.2, 0) is 4.84 Å². The molecule has 0 bridgehead atoms. The van der Waals surface area contributed by atoms with Crippen LogP contribution in [0.2, 0.25) is 0 Å². The van der Waals surface area contributed by atoms with E-state index in [9.17, 15) is 4.79 Å². The second-order valence-corrected chi connectivity index (χ2v) is 5.02. The Morgan fingerprint density at radius 1 is 1.33 bits per heavy atom. The van der Waals surface area contributed by atoms with Crippen LogP contribution in [-0.4, -0.2) is 18.1 Å². The van der Waals surface area contributed by atoms with Gasteiger partial charge in [0.05, 0.1) is 12.2 Å². The molecule has 1 rings (SSSR count). The molecule has 1 amide bonds. The third-order valence-corrected chi connectivity index (χ3v) is 2.02. The molecular weight excluding hydrogens is 230 g/mol. The summed E-state index contributed by atoms with van der Waals surface area (Å²) in [6.07, 6.45) is 0.934. The van der Waals surface area contributed by atoms with Crippen molar-refractivity contribution in [3.05, 3.63) is 29.8 Å². The fraction of sp³-hybridized carbons (Fsp3) is 0.500. The Balaban J connectivity index is 2.62. The number of amides is 1. The van der Waals surface area contributed by atoms with Gasteiger partial charge in [0.2, 0.25) is 0 Å². The van der Waals surface area contributed by atoms with E-state index >= 15 is 0 Å². The molecule has 4 nitrogen and oxygen atoms in total. The Kier molecular flexibility index (Phi) is 5.16. The van der Waals surface area contributed by atoms with Gasteiger partial charge < -0.3 is 4.74 Å². The Morgan fingerprint density at radius 3 is 2.67 bits per heavy atom. The van der Waals surface area contributed by atoms with Gasteiger partial charge in [-0.05, 0) is 45.4 Å². The topological polar surface area (TPSA) is 47.6 Å². The van der Waals surface area contributed by atoms with Gasteiger partial charge in [-0.1, -0.05) is 13.0 Å². The maximum absolute atomic E-state index is 11.8. The molecule has 0 saturated carbocycles. The van der Waals surface area contributed by atoms with Crippen LogP contribution in [0, 0.1) is 0 Å². The molecule has 0 aliphatic heterocycles. The lowest BCUT2D eigenvalue weighted by Crippen LogP contribution is -2.33. The fourth-order valence-electron chi connectivity index (χ4n) is 1.21. The normalized spacial score (nSPS) is 11.1. The predicted molar refractivity (Wildman–Crippen MR) is 70.5 cm³/mol. The van der Waals surface area contributed by atoms with Crippen molar-refractivity contribution < 1.29 is 14.4 Å². The maximum atomic E-state index is 11.8. The maximum Gasteiger partial charge on any atom is 0.274 e. The van der Waals surface area contributed by atoms with Gasteiger partial charge in [-0.2, -0.15) is 0 Å². The third kappa shape index (κ3) is 5.19. The summed E-state index contributed by atoms with van der Waals surface area (Å²) in [6.45, 7) is 8.29. The van der Waals surface area contributed by atoms with Gasteiger partial charge in [-0.3, -0.25) is 9.63 Å². The Labute approximate surface area is 108 Å². The largest absolute Gasteiger partial charge is 0.494 e. The van der Waals surface area contributed by atoms with Crippen LogP contribution in [0.1, 0.15) is 44.5 Å². The molecule has 0 atom stereocenters. The molecule has 0 saturated heterocycles. The minimum absolute atomic E-state index is 0.271. The van der Waals surface area contributed by atoms with Crippen LogP contribution >= 0.6 is 0 Å². The summed E-state index contributed by atoms with van der Waals surface area (Å²) in [5.74, 6) is 0.423. The van der Waals surface area contributed by atoms with Crippen molar-refractivity contribution in [2.75, 3.05) is 6.61 Å². The van der Waals surface area contributed by atoms with Gasteiger partial charge in [0.25, 0.3) is 5.91 Å². The van der Waals surface area contributed by atoms with Gasteiger partial charge in [0.1, 0.15) is 5.75 Å². The molecule has 0 aliphatic carbocycles. The second-order valence-electron chi connectivity index (χ2n) is 5.02. The summed E-state index contributed by atoms with van der Waals surface area (Å²) in [7, 11) is 0. The van der Waals surface area contributed by atoms with Crippen LogP contribution in [0.3, 0.4) is 0 Å². The second kappa shape index (κ2) is 6.40. The molecule has 0 heterocycles. The van der Waals surface area contributed by atoms with Crippen molar-refractivity contribution in [1.82, 2.24) is 5.48 Å². The van der Waals surface area contributed by atoms with E-state index in [2.05, 4.69) is 5.48 Å². The summed E-state index contributed by atoms with van der Waals surface area (Å²) >= 11 is 0. The molecule has 0 spiro atoms. The zero-order valence-corrected chi connectivity index (χ0v) is 11.4. The van der Waals surface area contributed by atoms with E-state index < -0.39 is 5.60 Å². The molecule has 0 aliphatic rings. The molecular formula is C14H21NO3. The van der Waals surface area contributed by atoms with Crippen molar-refractivity contribution in [3.63, 3.8) is 0 Å². The van der Waals surface area contributed by atoms with E-state index in [0.29, 0.717) is 17.9 Å². The highest BCUT2D eigenvalue weighted by Gasteiger charge is 2.14. The van der Waals surface area contributed by atoms with Crippen LogP contribution in [0.5, 0.6) is 5.75 Å². The number of rotatable bonds is 5. The molecule has 4 heteroatoms. The van der Waals surface area contributed by atoms with Crippen molar-refractivity contribution >= 4 is 5.91 Å². The number of hydrogen-bond donors (Lipinski definition) is 1. The van der Waals surface area contributed by atoms with Crippen molar-refractivity contribution in [3.8, 4) is 5.75 Å². The van der Waals surface area contributed by atoms with Gasteiger partial charge in [-0.15, -0.1) is 0 Å². The first-order chi connectivity index (χ1) is 8.42. The molecule has 0 fully saturated rings. The average molecular weight is 251 g/mol. The summed E-state index contributed by atoms with van der Waals surface area (Å²) in [6, 6.07) is 7.05. The summed E-state index contributed by atoms with van der Waals surface area (Å²) in [4.78, 5) is 17.1. The van der Waals surface area contributed by atoms with Gasteiger partial charge >= 0.3 is 0 Å². The molecule has 18 heavy (non-hydrogen) atoms. The number of hydroxylamine groups is 1. The highest BCUT2D eigenvalue weighted by Crippen LogP contribution is 2.14. The number of carbonyl (C=O) groups is 1. The summed E-state index contributed by atoms with van der Waals surface area (Å²) < 4.78 is 5.47. The number of nitrogens with one attached hydrogen (secondary N) is 1. The van der Waals surface area contributed by atoms with E-state index in [1.165, 1.54) is 0 Å². The third-order valence-electron chi connectivity index (χ3n) is 2.02. The van der Waals surface area contributed by atoms with E-state index in [4.69, 9.17) is 9.57 Å². The first-order valence-corrected chi connectivity index (χ1v) is 6.13. The number of hydrogen-bond acceptors (Lipinski definition) is 3. The molecule has 100 valence electrons. The molecule has 1 aromatic rings. The lowest BCUT2D eigenvalue weighted by Gasteiger charge is -2.19. The minimum atomic E-state index is -0.411. The molecule has 0 unspecified atom stereocenters. The lowest BCUT2D eigenvalue weighted by molar-refractivity contribution is -0.0589. The van der Waals surface area contributed by atoms with E-state index in [1.54, 1.807) is 18.2 Å². The Hall–Kier alpha value is -1.55. The smallest absolute Gasteiger partial charge is 0.274 e. The molecule has 0 aromatic heterocycles. The number of carbonyl (C=O) groups excluding carboxylic acids is 1. The highest BCUT2D eigenvalue weighted by atomic mass is 16.7. The summed E-state index contributed by atoms with van der Waals surface area (Å²) in [5, 5.41) is 0.